The van der Waals surface area contributed by atoms with Crippen LogP contribution in [0.4, 0.5) is 0 Å². The Hall–Kier alpha value is -1.98. The maximum Gasteiger partial charge on any atom is 0.243 e. The van der Waals surface area contributed by atoms with Gasteiger partial charge in [-0.25, -0.2) is 0 Å². The van der Waals surface area contributed by atoms with Crippen molar-refractivity contribution in [2.45, 2.75) is 75.3 Å². The Balaban J connectivity index is 1.64. The molecule has 0 spiro atoms. The number of carbonyl (C=O) groups is 2. The van der Waals surface area contributed by atoms with Crippen molar-refractivity contribution in [3.8, 4) is 0 Å². The number of nitrogens with zero attached hydrogens (tertiary/aromatic N) is 1. The summed E-state index contributed by atoms with van der Waals surface area (Å²) in [4.78, 5) is 29.4. The van der Waals surface area contributed by atoms with Gasteiger partial charge in [-0.2, -0.15) is 0 Å². The maximum absolute atomic E-state index is 13.3. The molecule has 3 rings (SSSR count). The largest absolute Gasteiger partial charge is 0.352 e. The average molecular weight is 487 g/mol. The molecule has 6 heteroatoms. The smallest absolute Gasteiger partial charge is 0.243 e. The zero-order chi connectivity index (χ0) is 23.5. The Morgan fingerprint density at radius 3 is 2.42 bits per heavy atom. The van der Waals surface area contributed by atoms with Gasteiger partial charge in [0.2, 0.25) is 11.8 Å². The van der Waals surface area contributed by atoms with Gasteiger partial charge in [-0.3, -0.25) is 9.59 Å². The molecule has 1 atom stereocenters. The van der Waals surface area contributed by atoms with Crippen molar-refractivity contribution in [3.05, 3.63) is 65.2 Å². The van der Waals surface area contributed by atoms with Crippen LogP contribution in [-0.2, 0) is 16.0 Å². The van der Waals surface area contributed by atoms with E-state index < -0.39 is 6.04 Å². The first-order valence-corrected chi connectivity index (χ1v) is 13.4. The molecule has 0 saturated heterocycles. The third kappa shape index (κ3) is 8.38. The van der Waals surface area contributed by atoms with Crippen LogP contribution in [0, 0.1) is 0 Å². The maximum atomic E-state index is 13.3. The summed E-state index contributed by atoms with van der Waals surface area (Å²) in [7, 11) is 0. The van der Waals surface area contributed by atoms with Crippen LogP contribution in [0.5, 0.6) is 0 Å². The summed E-state index contributed by atoms with van der Waals surface area (Å²) in [6.07, 6.45) is 7.41. The molecule has 2 aromatic carbocycles. The Kier molecular flexibility index (Phi) is 10.6. The predicted octanol–water partition coefficient (Wildman–Crippen LogP) is 6.12. The fraction of sp³-hybridized carbons (Fsp3) is 0.481. The molecule has 4 nitrogen and oxygen atoms in total. The highest BCUT2D eigenvalue weighted by molar-refractivity contribution is 7.99. The van der Waals surface area contributed by atoms with E-state index in [9.17, 15) is 9.59 Å². The minimum atomic E-state index is -0.427. The van der Waals surface area contributed by atoms with Gasteiger partial charge in [0.25, 0.3) is 0 Å². The van der Waals surface area contributed by atoms with Crippen LogP contribution in [0.2, 0.25) is 5.02 Å². The van der Waals surface area contributed by atoms with Crippen molar-refractivity contribution in [1.29, 1.82) is 0 Å². The van der Waals surface area contributed by atoms with Gasteiger partial charge < -0.3 is 10.2 Å². The number of benzene rings is 2. The minimum Gasteiger partial charge on any atom is -0.352 e. The molecule has 1 N–H and O–H groups in total. The van der Waals surface area contributed by atoms with E-state index in [-0.39, 0.29) is 17.9 Å². The van der Waals surface area contributed by atoms with Crippen molar-refractivity contribution in [3.63, 3.8) is 0 Å². The second-order valence-electron chi connectivity index (χ2n) is 8.64. The van der Waals surface area contributed by atoms with Crippen LogP contribution < -0.4 is 5.32 Å². The number of halogens is 1. The quantitative estimate of drug-likeness (QED) is 0.389. The fourth-order valence-electron chi connectivity index (χ4n) is 4.37. The predicted molar refractivity (Wildman–Crippen MR) is 138 cm³/mol. The van der Waals surface area contributed by atoms with Gasteiger partial charge in [0, 0.05) is 34.7 Å². The molecule has 178 valence electrons. The first-order chi connectivity index (χ1) is 16.1. The van der Waals surface area contributed by atoms with Gasteiger partial charge in [-0.15, -0.1) is 11.8 Å². The van der Waals surface area contributed by atoms with Crippen molar-refractivity contribution in [1.82, 2.24) is 10.2 Å². The van der Waals surface area contributed by atoms with Crippen LogP contribution in [0.25, 0.3) is 0 Å². The Labute approximate surface area is 207 Å². The molecule has 0 bridgehead atoms. The second-order valence-corrected chi connectivity index (χ2v) is 10.2. The SMILES string of the molecule is CC[C@H](C(=O)NC1CCCCC1)N(CCc1ccccc1)C(=O)CCSc1ccc(Cl)cc1. The Bertz CT molecular complexity index is 869. The number of rotatable bonds is 11. The first-order valence-electron chi connectivity index (χ1n) is 12.1. The Morgan fingerprint density at radius 2 is 1.76 bits per heavy atom. The molecular weight excluding hydrogens is 452 g/mol. The van der Waals surface area contributed by atoms with Crippen molar-refractivity contribution >= 4 is 35.2 Å². The van der Waals surface area contributed by atoms with Crippen molar-refractivity contribution < 1.29 is 9.59 Å². The molecule has 1 saturated carbocycles. The third-order valence-electron chi connectivity index (χ3n) is 6.22. The molecule has 0 aromatic heterocycles. The summed E-state index contributed by atoms with van der Waals surface area (Å²) in [5.41, 5.74) is 1.17. The molecule has 2 amide bonds. The highest BCUT2D eigenvalue weighted by Crippen LogP contribution is 2.22. The lowest BCUT2D eigenvalue weighted by Gasteiger charge is -2.33. The second kappa shape index (κ2) is 13.7. The number of amides is 2. The van der Waals surface area contributed by atoms with E-state index in [0.717, 1.165) is 24.2 Å². The van der Waals surface area contributed by atoms with Crippen LogP contribution in [0.1, 0.15) is 57.4 Å². The normalized spacial score (nSPS) is 15.1. The molecule has 1 aliphatic carbocycles. The molecule has 33 heavy (non-hydrogen) atoms. The monoisotopic (exact) mass is 486 g/mol. The lowest BCUT2D eigenvalue weighted by atomic mass is 9.95. The summed E-state index contributed by atoms with van der Waals surface area (Å²) >= 11 is 7.60. The van der Waals surface area contributed by atoms with Gasteiger partial charge in [0.15, 0.2) is 0 Å². The number of nitrogens with one attached hydrogen (secondary N) is 1. The molecular formula is C27H35ClN2O2S. The van der Waals surface area contributed by atoms with E-state index in [2.05, 4.69) is 17.4 Å². The number of carbonyl (C=O) groups excluding carboxylic acids is 2. The summed E-state index contributed by atoms with van der Waals surface area (Å²) in [5, 5.41) is 3.95. The standard InChI is InChI=1S/C27H35ClN2O2S/c1-2-25(27(32)29-23-11-7-4-8-12-23)30(19-17-21-9-5-3-6-10-21)26(31)18-20-33-24-15-13-22(28)14-16-24/h3,5-6,9-10,13-16,23,25H,2,4,7-8,11-12,17-20H2,1H3,(H,29,32)/t25-/m1/s1. The van der Waals surface area contributed by atoms with E-state index in [1.807, 2.05) is 54.3 Å². The summed E-state index contributed by atoms with van der Waals surface area (Å²) in [6, 6.07) is 17.6. The lowest BCUT2D eigenvalue weighted by molar-refractivity contribution is -0.140. The summed E-state index contributed by atoms with van der Waals surface area (Å²) < 4.78 is 0. The zero-order valence-corrected chi connectivity index (χ0v) is 21.0. The van der Waals surface area contributed by atoms with E-state index >= 15 is 0 Å². The number of hydrogen-bond acceptors (Lipinski definition) is 3. The van der Waals surface area contributed by atoms with Gasteiger partial charge in [0.1, 0.15) is 6.04 Å². The van der Waals surface area contributed by atoms with Gasteiger partial charge in [-0.05, 0) is 55.5 Å². The highest BCUT2D eigenvalue weighted by atomic mass is 35.5. The fourth-order valence-corrected chi connectivity index (χ4v) is 5.34. The topological polar surface area (TPSA) is 49.4 Å². The Morgan fingerprint density at radius 1 is 1.06 bits per heavy atom. The van der Waals surface area contributed by atoms with E-state index in [1.165, 1.54) is 24.8 Å². The minimum absolute atomic E-state index is 0.00355. The van der Waals surface area contributed by atoms with E-state index in [4.69, 9.17) is 11.6 Å². The lowest BCUT2D eigenvalue weighted by Crippen LogP contribution is -2.52. The zero-order valence-electron chi connectivity index (χ0n) is 19.5. The van der Waals surface area contributed by atoms with Crippen LogP contribution in [0.3, 0.4) is 0 Å². The van der Waals surface area contributed by atoms with Crippen molar-refractivity contribution in [2.75, 3.05) is 12.3 Å². The molecule has 1 fully saturated rings. The molecule has 1 aliphatic rings. The molecule has 0 unspecified atom stereocenters. The van der Waals surface area contributed by atoms with Crippen molar-refractivity contribution in [2.24, 2.45) is 0 Å². The summed E-state index contributed by atoms with van der Waals surface area (Å²) in [6.45, 7) is 2.54. The number of hydrogen-bond donors (Lipinski definition) is 1. The molecule has 2 aromatic rings. The molecule has 0 heterocycles. The van der Waals surface area contributed by atoms with Crippen LogP contribution in [-0.4, -0.2) is 41.1 Å². The van der Waals surface area contributed by atoms with Crippen LogP contribution in [0.15, 0.2) is 59.5 Å². The van der Waals surface area contributed by atoms with Crippen LogP contribution >= 0.6 is 23.4 Å². The molecule has 0 radical (unpaired) electrons. The highest BCUT2D eigenvalue weighted by Gasteiger charge is 2.29. The number of thioether (sulfide) groups is 1. The molecule has 0 aliphatic heterocycles. The van der Waals surface area contributed by atoms with E-state index in [0.29, 0.717) is 30.2 Å². The van der Waals surface area contributed by atoms with E-state index in [1.54, 1.807) is 11.8 Å². The van der Waals surface area contributed by atoms with Gasteiger partial charge in [-0.1, -0.05) is 68.1 Å². The van der Waals surface area contributed by atoms with Gasteiger partial charge in [0.05, 0.1) is 0 Å². The third-order valence-corrected chi connectivity index (χ3v) is 7.49. The van der Waals surface area contributed by atoms with Gasteiger partial charge >= 0.3 is 0 Å². The summed E-state index contributed by atoms with van der Waals surface area (Å²) in [5.74, 6) is 0.706. The first kappa shape index (κ1) is 25.6. The average Bonchev–Trinajstić information content (AvgIpc) is 2.84.